The minimum Gasteiger partial charge on any atom is -0.389 e. The maximum atomic E-state index is 10.1. The van der Waals surface area contributed by atoms with Crippen LogP contribution < -0.4 is 5.32 Å². The number of aliphatic hydroxyl groups is 1. The zero-order chi connectivity index (χ0) is 10.6. The van der Waals surface area contributed by atoms with Gasteiger partial charge in [-0.3, -0.25) is 4.98 Å². The van der Waals surface area contributed by atoms with Crippen molar-refractivity contribution >= 4 is 0 Å². The van der Waals surface area contributed by atoms with Gasteiger partial charge in [0.25, 0.3) is 0 Å². The van der Waals surface area contributed by atoms with Gasteiger partial charge in [-0.05, 0) is 30.5 Å². The Labute approximate surface area is 90.5 Å². The molecule has 1 aliphatic rings. The van der Waals surface area contributed by atoms with Crippen LogP contribution in [0.3, 0.4) is 0 Å². The second-order valence-electron chi connectivity index (χ2n) is 4.39. The average Bonchev–Trinajstić information content (AvgIpc) is 2.67. The third kappa shape index (κ3) is 3.01. The molecule has 0 saturated heterocycles. The number of hydrogen-bond acceptors (Lipinski definition) is 3. The SMILES string of the molecule is OC1(CNCc2ccncc2)CCCC1. The van der Waals surface area contributed by atoms with Gasteiger partial charge in [-0.25, -0.2) is 0 Å². The van der Waals surface area contributed by atoms with E-state index in [1.807, 2.05) is 12.1 Å². The number of nitrogens with zero attached hydrogens (tertiary/aromatic N) is 1. The summed E-state index contributed by atoms with van der Waals surface area (Å²) in [6, 6.07) is 3.98. The van der Waals surface area contributed by atoms with E-state index in [2.05, 4.69) is 10.3 Å². The van der Waals surface area contributed by atoms with E-state index in [0.717, 1.165) is 32.2 Å². The minimum absolute atomic E-state index is 0.451. The lowest BCUT2D eigenvalue weighted by molar-refractivity contribution is 0.0475. The van der Waals surface area contributed by atoms with Crippen molar-refractivity contribution in [3.63, 3.8) is 0 Å². The van der Waals surface area contributed by atoms with Crippen molar-refractivity contribution in [3.05, 3.63) is 30.1 Å². The molecule has 3 heteroatoms. The Kier molecular flexibility index (Phi) is 3.34. The Morgan fingerprint density at radius 3 is 2.60 bits per heavy atom. The fourth-order valence-corrected chi connectivity index (χ4v) is 2.15. The predicted octanol–water partition coefficient (Wildman–Crippen LogP) is 1.48. The molecule has 2 N–H and O–H groups in total. The maximum Gasteiger partial charge on any atom is 0.0771 e. The lowest BCUT2D eigenvalue weighted by Crippen LogP contribution is -2.37. The first-order valence-electron chi connectivity index (χ1n) is 5.61. The van der Waals surface area contributed by atoms with Crippen molar-refractivity contribution in [2.75, 3.05) is 6.54 Å². The lowest BCUT2D eigenvalue weighted by Gasteiger charge is -2.22. The first-order valence-corrected chi connectivity index (χ1v) is 5.61. The first kappa shape index (κ1) is 10.6. The smallest absolute Gasteiger partial charge is 0.0771 e. The van der Waals surface area contributed by atoms with Gasteiger partial charge in [-0.1, -0.05) is 12.8 Å². The quantitative estimate of drug-likeness (QED) is 0.784. The molecule has 0 atom stereocenters. The van der Waals surface area contributed by atoms with Crippen molar-refractivity contribution < 1.29 is 5.11 Å². The van der Waals surface area contributed by atoms with E-state index in [1.165, 1.54) is 5.56 Å². The van der Waals surface area contributed by atoms with Crippen molar-refractivity contribution in [1.82, 2.24) is 10.3 Å². The highest BCUT2D eigenvalue weighted by Crippen LogP contribution is 2.28. The van der Waals surface area contributed by atoms with Crippen molar-refractivity contribution in [1.29, 1.82) is 0 Å². The number of aromatic nitrogens is 1. The number of rotatable bonds is 4. The van der Waals surface area contributed by atoms with Gasteiger partial charge < -0.3 is 10.4 Å². The molecule has 0 aliphatic heterocycles. The molecule has 0 aromatic carbocycles. The second-order valence-corrected chi connectivity index (χ2v) is 4.39. The van der Waals surface area contributed by atoms with Crippen LogP contribution in [-0.4, -0.2) is 22.2 Å². The number of pyridine rings is 1. The molecule has 1 aliphatic carbocycles. The minimum atomic E-state index is -0.451. The zero-order valence-electron chi connectivity index (χ0n) is 8.95. The van der Waals surface area contributed by atoms with Gasteiger partial charge in [0.1, 0.15) is 0 Å². The molecule has 0 radical (unpaired) electrons. The Morgan fingerprint density at radius 2 is 1.93 bits per heavy atom. The number of hydrogen-bond donors (Lipinski definition) is 2. The maximum absolute atomic E-state index is 10.1. The molecule has 0 spiro atoms. The highest BCUT2D eigenvalue weighted by atomic mass is 16.3. The summed E-state index contributed by atoms with van der Waals surface area (Å²) >= 11 is 0. The van der Waals surface area contributed by atoms with E-state index in [9.17, 15) is 5.11 Å². The molecule has 15 heavy (non-hydrogen) atoms. The third-order valence-electron chi connectivity index (χ3n) is 3.07. The van der Waals surface area contributed by atoms with E-state index >= 15 is 0 Å². The van der Waals surface area contributed by atoms with Gasteiger partial charge in [-0.15, -0.1) is 0 Å². The van der Waals surface area contributed by atoms with Crippen molar-refractivity contribution in [2.45, 2.75) is 37.8 Å². The summed E-state index contributed by atoms with van der Waals surface area (Å²) < 4.78 is 0. The van der Waals surface area contributed by atoms with Gasteiger partial charge in [0, 0.05) is 25.5 Å². The molecule has 1 heterocycles. The van der Waals surface area contributed by atoms with Crippen LogP contribution in [-0.2, 0) is 6.54 Å². The fraction of sp³-hybridized carbons (Fsp3) is 0.583. The van der Waals surface area contributed by atoms with Crippen LogP contribution in [0.1, 0.15) is 31.2 Å². The van der Waals surface area contributed by atoms with Gasteiger partial charge in [0.2, 0.25) is 0 Å². The van der Waals surface area contributed by atoms with Gasteiger partial charge in [0.15, 0.2) is 0 Å². The van der Waals surface area contributed by atoms with Crippen LogP contribution in [0.4, 0.5) is 0 Å². The molecule has 1 aromatic heterocycles. The van der Waals surface area contributed by atoms with Crippen LogP contribution >= 0.6 is 0 Å². The molecule has 1 saturated carbocycles. The molecule has 0 unspecified atom stereocenters. The average molecular weight is 206 g/mol. The van der Waals surface area contributed by atoms with E-state index in [-0.39, 0.29) is 0 Å². The zero-order valence-corrected chi connectivity index (χ0v) is 8.95. The second kappa shape index (κ2) is 4.73. The Morgan fingerprint density at radius 1 is 1.27 bits per heavy atom. The topological polar surface area (TPSA) is 45.1 Å². The summed E-state index contributed by atoms with van der Waals surface area (Å²) in [4.78, 5) is 3.97. The monoisotopic (exact) mass is 206 g/mol. The summed E-state index contributed by atoms with van der Waals surface area (Å²) in [5.41, 5.74) is 0.763. The van der Waals surface area contributed by atoms with Crippen LogP contribution in [0, 0.1) is 0 Å². The van der Waals surface area contributed by atoms with Crippen molar-refractivity contribution in [2.24, 2.45) is 0 Å². The van der Waals surface area contributed by atoms with Gasteiger partial charge >= 0.3 is 0 Å². The summed E-state index contributed by atoms with van der Waals surface area (Å²) in [5.74, 6) is 0. The summed E-state index contributed by atoms with van der Waals surface area (Å²) in [7, 11) is 0. The first-order chi connectivity index (χ1) is 7.29. The van der Waals surface area contributed by atoms with Crippen LogP contribution in [0.2, 0.25) is 0 Å². The van der Waals surface area contributed by atoms with Gasteiger partial charge in [0.05, 0.1) is 5.60 Å². The molecule has 0 bridgehead atoms. The van der Waals surface area contributed by atoms with Crippen LogP contribution in [0.5, 0.6) is 0 Å². The predicted molar refractivity (Wildman–Crippen MR) is 59.4 cm³/mol. The Bertz CT molecular complexity index is 294. The summed E-state index contributed by atoms with van der Waals surface area (Å²) in [5, 5.41) is 13.4. The Balaban J connectivity index is 1.75. The molecular formula is C12H18N2O. The molecule has 3 nitrogen and oxygen atoms in total. The largest absolute Gasteiger partial charge is 0.389 e. The molecule has 2 rings (SSSR count). The fourth-order valence-electron chi connectivity index (χ4n) is 2.15. The molecule has 1 aromatic rings. The standard InChI is InChI=1S/C12H18N2O/c15-12(5-1-2-6-12)10-14-9-11-3-7-13-8-4-11/h3-4,7-8,14-15H,1-2,5-6,9-10H2. The highest BCUT2D eigenvalue weighted by molar-refractivity contribution is 5.09. The number of nitrogens with one attached hydrogen (secondary N) is 1. The van der Waals surface area contributed by atoms with E-state index in [4.69, 9.17) is 0 Å². The Hall–Kier alpha value is -0.930. The van der Waals surface area contributed by atoms with E-state index in [0.29, 0.717) is 6.54 Å². The third-order valence-corrected chi connectivity index (χ3v) is 3.07. The highest BCUT2D eigenvalue weighted by Gasteiger charge is 2.30. The van der Waals surface area contributed by atoms with Gasteiger partial charge in [-0.2, -0.15) is 0 Å². The van der Waals surface area contributed by atoms with Crippen LogP contribution in [0.15, 0.2) is 24.5 Å². The molecular weight excluding hydrogens is 188 g/mol. The summed E-state index contributed by atoms with van der Waals surface area (Å²) in [6.45, 7) is 1.51. The van der Waals surface area contributed by atoms with Crippen molar-refractivity contribution in [3.8, 4) is 0 Å². The summed E-state index contributed by atoms with van der Waals surface area (Å²) in [6.07, 6.45) is 7.79. The van der Waals surface area contributed by atoms with E-state index < -0.39 is 5.60 Å². The normalized spacial score (nSPS) is 19.3. The molecule has 0 amide bonds. The molecule has 1 fully saturated rings. The lowest BCUT2D eigenvalue weighted by atomic mass is 10.0. The van der Waals surface area contributed by atoms with E-state index in [1.54, 1.807) is 12.4 Å². The van der Waals surface area contributed by atoms with Crippen LogP contribution in [0.25, 0.3) is 0 Å². The molecule has 82 valence electrons.